The van der Waals surface area contributed by atoms with Gasteiger partial charge in [0.15, 0.2) is 11.6 Å². The summed E-state index contributed by atoms with van der Waals surface area (Å²) in [5.74, 6) is 3.96. The Labute approximate surface area is 200 Å². The van der Waals surface area contributed by atoms with E-state index in [0.717, 1.165) is 35.5 Å². The Morgan fingerprint density at radius 2 is 1.55 bits per heavy atom. The van der Waals surface area contributed by atoms with E-state index in [-0.39, 0.29) is 5.82 Å². The molecule has 2 aromatic rings. The SMILES string of the molecule is C/C=C/CCC1CCC(C2CCC(CCc3ccc4c(F)c(OCC)ccc4c3)CC2)CC1. The second-order valence-electron chi connectivity index (χ2n) is 10.6. The van der Waals surface area contributed by atoms with Crippen molar-refractivity contribution in [3.05, 3.63) is 53.9 Å². The Balaban J connectivity index is 1.21. The van der Waals surface area contributed by atoms with Gasteiger partial charge in [0, 0.05) is 5.39 Å². The maximum atomic E-state index is 14.6. The quantitative estimate of drug-likeness (QED) is 0.346. The first-order valence-corrected chi connectivity index (χ1v) is 13.6. The third-order valence-electron chi connectivity index (χ3n) is 8.55. The Morgan fingerprint density at radius 3 is 2.18 bits per heavy atom. The fourth-order valence-corrected chi connectivity index (χ4v) is 6.51. The Bertz CT molecular complexity index is 901. The van der Waals surface area contributed by atoms with Crippen LogP contribution in [0, 0.1) is 29.5 Å². The largest absolute Gasteiger partial charge is 0.491 e. The Kier molecular flexibility index (Phi) is 8.87. The van der Waals surface area contributed by atoms with Gasteiger partial charge in [-0.15, -0.1) is 0 Å². The van der Waals surface area contributed by atoms with Crippen molar-refractivity contribution in [2.24, 2.45) is 23.7 Å². The molecule has 0 aromatic heterocycles. The van der Waals surface area contributed by atoms with Crippen LogP contribution in [0.5, 0.6) is 5.75 Å². The highest BCUT2D eigenvalue weighted by Crippen LogP contribution is 2.43. The minimum atomic E-state index is -0.231. The lowest BCUT2D eigenvalue weighted by molar-refractivity contribution is 0.141. The molecule has 0 saturated heterocycles. The molecule has 0 aliphatic heterocycles. The molecule has 0 atom stereocenters. The minimum absolute atomic E-state index is 0.231. The van der Waals surface area contributed by atoms with Crippen molar-refractivity contribution < 1.29 is 9.13 Å². The molecule has 2 aliphatic carbocycles. The molecule has 0 unspecified atom stereocenters. The lowest BCUT2D eigenvalue weighted by Crippen LogP contribution is -2.26. The van der Waals surface area contributed by atoms with Crippen molar-refractivity contribution in [2.75, 3.05) is 6.61 Å². The Hall–Kier alpha value is -1.83. The molecule has 0 bridgehead atoms. The number of aryl methyl sites for hydroxylation is 1. The van der Waals surface area contributed by atoms with E-state index >= 15 is 0 Å². The van der Waals surface area contributed by atoms with Crippen LogP contribution >= 0.6 is 0 Å². The van der Waals surface area contributed by atoms with Gasteiger partial charge < -0.3 is 4.74 Å². The van der Waals surface area contributed by atoms with E-state index in [2.05, 4.69) is 31.2 Å². The third-order valence-corrected chi connectivity index (χ3v) is 8.55. The fourth-order valence-electron chi connectivity index (χ4n) is 6.51. The van der Waals surface area contributed by atoms with Gasteiger partial charge in [-0.2, -0.15) is 0 Å². The maximum absolute atomic E-state index is 14.6. The fraction of sp³-hybridized carbons (Fsp3) is 0.613. The molecule has 33 heavy (non-hydrogen) atoms. The summed E-state index contributed by atoms with van der Waals surface area (Å²) in [5, 5.41) is 1.65. The first-order valence-electron chi connectivity index (χ1n) is 13.6. The summed E-state index contributed by atoms with van der Waals surface area (Å²) in [4.78, 5) is 0. The monoisotopic (exact) mass is 450 g/mol. The lowest BCUT2D eigenvalue weighted by Gasteiger charge is -2.38. The summed E-state index contributed by atoms with van der Waals surface area (Å²) in [7, 11) is 0. The second kappa shape index (κ2) is 12.0. The van der Waals surface area contributed by atoms with Crippen molar-refractivity contribution in [1.29, 1.82) is 0 Å². The number of halogens is 1. The standard InChI is InChI=1S/C31H43FO/c1-3-5-6-7-23-10-15-26(16-11-23)27-17-12-24(13-18-27)8-9-25-14-20-29-28(22-25)19-21-30(31(29)32)33-4-2/h3,5,14,19-24,26-27H,4,6-13,15-18H2,1-2H3/b5-3+. The maximum Gasteiger partial charge on any atom is 0.172 e. The number of rotatable bonds is 9. The molecule has 0 amide bonds. The summed E-state index contributed by atoms with van der Waals surface area (Å²) < 4.78 is 20.0. The molecule has 2 fully saturated rings. The van der Waals surface area contributed by atoms with Crippen LogP contribution in [0.1, 0.15) is 90.0 Å². The van der Waals surface area contributed by atoms with Gasteiger partial charge in [-0.05, 0) is 106 Å². The van der Waals surface area contributed by atoms with Crippen molar-refractivity contribution in [2.45, 2.75) is 90.9 Å². The number of hydrogen-bond donors (Lipinski definition) is 0. The van der Waals surface area contributed by atoms with E-state index in [0.29, 0.717) is 17.7 Å². The molecule has 0 N–H and O–H groups in total. The van der Waals surface area contributed by atoms with Crippen molar-refractivity contribution >= 4 is 10.8 Å². The average Bonchev–Trinajstić information content (AvgIpc) is 2.85. The van der Waals surface area contributed by atoms with E-state index in [1.54, 1.807) is 6.07 Å². The summed E-state index contributed by atoms with van der Waals surface area (Å²) in [6.45, 7) is 4.51. The summed E-state index contributed by atoms with van der Waals surface area (Å²) >= 11 is 0. The molecular formula is C31H43FO. The van der Waals surface area contributed by atoms with Gasteiger partial charge >= 0.3 is 0 Å². The summed E-state index contributed by atoms with van der Waals surface area (Å²) in [5.41, 5.74) is 1.34. The average molecular weight is 451 g/mol. The molecule has 2 saturated carbocycles. The molecule has 2 aromatic carbocycles. The van der Waals surface area contributed by atoms with Crippen LogP contribution in [-0.4, -0.2) is 6.61 Å². The van der Waals surface area contributed by atoms with Gasteiger partial charge in [0.05, 0.1) is 6.61 Å². The van der Waals surface area contributed by atoms with Crippen molar-refractivity contribution in [3.8, 4) is 5.75 Å². The van der Waals surface area contributed by atoms with Crippen LogP contribution in [0.4, 0.5) is 4.39 Å². The predicted molar refractivity (Wildman–Crippen MR) is 138 cm³/mol. The van der Waals surface area contributed by atoms with Crippen molar-refractivity contribution in [1.82, 2.24) is 0 Å². The van der Waals surface area contributed by atoms with E-state index in [9.17, 15) is 4.39 Å². The highest BCUT2D eigenvalue weighted by molar-refractivity contribution is 5.85. The smallest absolute Gasteiger partial charge is 0.172 e. The van der Waals surface area contributed by atoms with E-state index in [1.165, 1.54) is 76.2 Å². The number of hydrogen-bond acceptors (Lipinski definition) is 1. The van der Waals surface area contributed by atoms with Gasteiger partial charge in [-0.25, -0.2) is 4.39 Å². The van der Waals surface area contributed by atoms with E-state index in [4.69, 9.17) is 4.74 Å². The molecule has 0 spiro atoms. The van der Waals surface area contributed by atoms with Crippen LogP contribution in [0.25, 0.3) is 10.8 Å². The first-order chi connectivity index (χ1) is 16.2. The topological polar surface area (TPSA) is 9.23 Å². The first kappa shape index (κ1) is 24.3. The zero-order valence-electron chi connectivity index (χ0n) is 20.8. The zero-order chi connectivity index (χ0) is 23.0. The second-order valence-corrected chi connectivity index (χ2v) is 10.6. The molecule has 1 nitrogen and oxygen atoms in total. The highest BCUT2D eigenvalue weighted by atomic mass is 19.1. The molecular weight excluding hydrogens is 407 g/mol. The molecule has 2 aliphatic rings. The number of ether oxygens (including phenoxy) is 1. The summed E-state index contributed by atoms with van der Waals surface area (Å²) in [6, 6.07) is 9.99. The van der Waals surface area contributed by atoms with E-state index < -0.39 is 0 Å². The number of benzene rings is 2. The minimum Gasteiger partial charge on any atom is -0.491 e. The number of allylic oxidation sites excluding steroid dienone is 2. The van der Waals surface area contributed by atoms with Gasteiger partial charge in [-0.1, -0.05) is 62.1 Å². The van der Waals surface area contributed by atoms with Crippen LogP contribution in [0.2, 0.25) is 0 Å². The van der Waals surface area contributed by atoms with Crippen molar-refractivity contribution in [3.63, 3.8) is 0 Å². The Morgan fingerprint density at radius 1 is 0.879 bits per heavy atom. The predicted octanol–water partition coefficient (Wildman–Crippen LogP) is 9.28. The highest BCUT2D eigenvalue weighted by Gasteiger charge is 2.30. The van der Waals surface area contributed by atoms with Crippen LogP contribution in [-0.2, 0) is 6.42 Å². The molecule has 4 rings (SSSR count). The van der Waals surface area contributed by atoms with Gasteiger partial charge in [0.2, 0.25) is 0 Å². The normalized spacial score (nSPS) is 26.2. The summed E-state index contributed by atoms with van der Waals surface area (Å²) in [6.07, 6.45) is 21.2. The molecule has 0 heterocycles. The lowest BCUT2D eigenvalue weighted by atomic mass is 9.68. The molecule has 0 radical (unpaired) electrons. The van der Waals surface area contributed by atoms with E-state index in [1.807, 2.05) is 19.1 Å². The number of fused-ring (bicyclic) bond motifs is 1. The third kappa shape index (κ3) is 6.40. The van der Waals surface area contributed by atoms with Crippen LogP contribution in [0.15, 0.2) is 42.5 Å². The van der Waals surface area contributed by atoms with Gasteiger partial charge in [0.1, 0.15) is 0 Å². The molecule has 180 valence electrons. The van der Waals surface area contributed by atoms with Gasteiger partial charge in [0.25, 0.3) is 0 Å². The van der Waals surface area contributed by atoms with Crippen LogP contribution < -0.4 is 4.74 Å². The van der Waals surface area contributed by atoms with Crippen LogP contribution in [0.3, 0.4) is 0 Å². The van der Waals surface area contributed by atoms with Gasteiger partial charge in [-0.3, -0.25) is 0 Å². The molecule has 2 heteroatoms. The zero-order valence-corrected chi connectivity index (χ0v) is 20.8.